The molecule has 4 atom stereocenters. The molecule has 0 nitrogen and oxygen atoms in total. The van der Waals surface area contributed by atoms with Gasteiger partial charge in [0.2, 0.25) is 0 Å². The van der Waals surface area contributed by atoms with Crippen LogP contribution in [0, 0.1) is 28.6 Å². The van der Waals surface area contributed by atoms with Gasteiger partial charge in [-0.05, 0) is 67.1 Å². The molecule has 0 saturated heterocycles. The van der Waals surface area contributed by atoms with Crippen LogP contribution < -0.4 is 0 Å². The Morgan fingerprint density at radius 1 is 1.00 bits per heavy atom. The first-order valence-electron chi connectivity index (χ1n) is 9.23. The quantitative estimate of drug-likeness (QED) is 0.401. The zero-order valence-corrected chi connectivity index (χ0v) is 15.4. The Balaban J connectivity index is 2.44. The van der Waals surface area contributed by atoms with Crippen LogP contribution in [-0.2, 0) is 0 Å². The van der Waals surface area contributed by atoms with Gasteiger partial charge in [-0.2, -0.15) is 0 Å². The van der Waals surface area contributed by atoms with Gasteiger partial charge < -0.3 is 0 Å². The Bertz CT molecular complexity index is 278. The van der Waals surface area contributed by atoms with E-state index < -0.39 is 0 Å². The van der Waals surface area contributed by atoms with Crippen LogP contribution in [0.4, 0.5) is 0 Å². The van der Waals surface area contributed by atoms with Crippen molar-refractivity contribution < 1.29 is 0 Å². The lowest BCUT2D eigenvalue weighted by atomic mass is 9.71. The Morgan fingerprint density at radius 3 is 2.05 bits per heavy atom. The molecule has 1 aliphatic carbocycles. The number of rotatable bonds is 10. The van der Waals surface area contributed by atoms with Crippen molar-refractivity contribution in [2.45, 2.75) is 99.8 Å². The van der Waals surface area contributed by atoms with Gasteiger partial charge in [0.25, 0.3) is 0 Å². The molecule has 4 unspecified atom stereocenters. The summed E-state index contributed by atoms with van der Waals surface area (Å²) in [6, 6.07) is 0. The predicted molar refractivity (Wildman–Crippen MR) is 92.0 cm³/mol. The average molecular weight is 281 g/mol. The maximum absolute atomic E-state index is 2.56. The Kier molecular flexibility index (Phi) is 6.61. The minimum Gasteiger partial charge on any atom is -0.0654 e. The van der Waals surface area contributed by atoms with Crippen LogP contribution >= 0.6 is 0 Å². The Hall–Kier alpha value is 0. The number of hydrogen-bond acceptors (Lipinski definition) is 0. The van der Waals surface area contributed by atoms with Crippen LogP contribution in [-0.4, -0.2) is 0 Å². The second-order valence-electron chi connectivity index (χ2n) is 8.97. The van der Waals surface area contributed by atoms with Crippen molar-refractivity contribution in [2.75, 3.05) is 0 Å². The molecule has 0 aromatic heterocycles. The Morgan fingerprint density at radius 2 is 1.60 bits per heavy atom. The van der Waals surface area contributed by atoms with E-state index >= 15 is 0 Å². The van der Waals surface area contributed by atoms with Crippen molar-refractivity contribution in [1.82, 2.24) is 0 Å². The van der Waals surface area contributed by atoms with Gasteiger partial charge in [0.05, 0.1) is 0 Å². The van der Waals surface area contributed by atoms with Crippen molar-refractivity contribution >= 4 is 0 Å². The predicted octanol–water partition coefficient (Wildman–Crippen LogP) is 7.08. The van der Waals surface area contributed by atoms with Crippen LogP contribution in [0.2, 0.25) is 0 Å². The maximum atomic E-state index is 2.56. The van der Waals surface area contributed by atoms with Crippen molar-refractivity contribution in [3.63, 3.8) is 0 Å². The highest BCUT2D eigenvalue weighted by Crippen LogP contribution is 2.47. The fourth-order valence-electron chi connectivity index (χ4n) is 3.73. The number of hydrogen-bond donors (Lipinski definition) is 0. The van der Waals surface area contributed by atoms with E-state index in [1.807, 2.05) is 0 Å². The summed E-state index contributed by atoms with van der Waals surface area (Å²) in [6.45, 7) is 17.1. The second-order valence-corrected chi connectivity index (χ2v) is 8.97. The molecule has 0 N–H and O–H groups in total. The largest absolute Gasteiger partial charge is 0.0654 e. The third kappa shape index (κ3) is 5.78. The van der Waals surface area contributed by atoms with Gasteiger partial charge in [-0.3, -0.25) is 0 Å². The Labute approximate surface area is 129 Å². The lowest BCUT2D eigenvalue weighted by molar-refractivity contribution is 0.175. The van der Waals surface area contributed by atoms with Crippen molar-refractivity contribution in [2.24, 2.45) is 28.6 Å². The molecule has 0 aliphatic heterocycles. The van der Waals surface area contributed by atoms with E-state index in [0.29, 0.717) is 10.8 Å². The summed E-state index contributed by atoms with van der Waals surface area (Å²) in [6.07, 6.45) is 11.3. The van der Waals surface area contributed by atoms with Gasteiger partial charge in [0.1, 0.15) is 0 Å². The molecule has 1 saturated carbocycles. The molecule has 120 valence electrons. The monoisotopic (exact) mass is 280 g/mol. The summed E-state index contributed by atoms with van der Waals surface area (Å²) in [5.41, 5.74) is 1.12. The van der Waals surface area contributed by atoms with E-state index in [1.165, 1.54) is 51.4 Å². The smallest absolute Gasteiger partial charge is 0.0326 e. The highest BCUT2D eigenvalue weighted by atomic mass is 14.4. The van der Waals surface area contributed by atoms with Crippen molar-refractivity contribution in [3.05, 3.63) is 0 Å². The molecule has 0 radical (unpaired) electrons. The molecule has 0 amide bonds. The van der Waals surface area contributed by atoms with E-state index in [9.17, 15) is 0 Å². The summed E-state index contributed by atoms with van der Waals surface area (Å²) in [7, 11) is 0. The maximum Gasteiger partial charge on any atom is -0.0326 e. The van der Waals surface area contributed by atoms with E-state index in [1.54, 1.807) is 0 Å². The first kappa shape index (κ1) is 18.1. The third-order valence-corrected chi connectivity index (χ3v) is 6.32. The highest BCUT2D eigenvalue weighted by molar-refractivity contribution is 4.88. The first-order valence-corrected chi connectivity index (χ1v) is 9.23. The third-order valence-electron chi connectivity index (χ3n) is 6.32. The minimum absolute atomic E-state index is 0.533. The molecule has 1 aliphatic rings. The SMILES string of the molecule is CCCC(C)(CCC(C)C1CC1C)CCC(C)(C)CC. The molecule has 0 bridgehead atoms. The molecule has 1 rings (SSSR count). The summed E-state index contributed by atoms with van der Waals surface area (Å²) >= 11 is 0. The molecule has 0 aromatic rings. The summed E-state index contributed by atoms with van der Waals surface area (Å²) in [5.74, 6) is 3.02. The minimum atomic E-state index is 0.533. The molecule has 0 heteroatoms. The van der Waals surface area contributed by atoms with Crippen LogP contribution in [0.1, 0.15) is 99.8 Å². The van der Waals surface area contributed by atoms with Gasteiger partial charge in [-0.25, -0.2) is 0 Å². The lowest BCUT2D eigenvalue weighted by Crippen LogP contribution is -2.22. The van der Waals surface area contributed by atoms with Gasteiger partial charge in [-0.15, -0.1) is 0 Å². The first-order chi connectivity index (χ1) is 9.23. The average Bonchev–Trinajstić information content (AvgIpc) is 3.12. The van der Waals surface area contributed by atoms with E-state index in [-0.39, 0.29) is 0 Å². The standard InChI is InChI=1S/C20H40/c1-8-11-20(7,14-13-19(5,6)9-2)12-10-16(3)18-15-17(18)4/h16-18H,8-15H2,1-7H3. The molecular formula is C20H40. The summed E-state index contributed by atoms with van der Waals surface area (Å²) < 4.78 is 0. The lowest BCUT2D eigenvalue weighted by Gasteiger charge is -2.34. The van der Waals surface area contributed by atoms with Crippen molar-refractivity contribution in [1.29, 1.82) is 0 Å². The van der Waals surface area contributed by atoms with Gasteiger partial charge in [-0.1, -0.05) is 61.3 Å². The van der Waals surface area contributed by atoms with E-state index in [4.69, 9.17) is 0 Å². The second kappa shape index (κ2) is 7.32. The van der Waals surface area contributed by atoms with E-state index in [2.05, 4.69) is 48.5 Å². The molecule has 0 spiro atoms. The highest BCUT2D eigenvalue weighted by Gasteiger charge is 2.37. The molecule has 0 heterocycles. The topological polar surface area (TPSA) is 0 Å². The van der Waals surface area contributed by atoms with Crippen LogP contribution in [0.25, 0.3) is 0 Å². The molecule has 0 aromatic carbocycles. The molecule has 1 fully saturated rings. The van der Waals surface area contributed by atoms with E-state index in [0.717, 1.165) is 17.8 Å². The fraction of sp³-hybridized carbons (Fsp3) is 1.00. The van der Waals surface area contributed by atoms with Crippen LogP contribution in [0.3, 0.4) is 0 Å². The van der Waals surface area contributed by atoms with Gasteiger partial charge in [0, 0.05) is 0 Å². The fourth-order valence-corrected chi connectivity index (χ4v) is 3.73. The summed E-state index contributed by atoms with van der Waals surface area (Å²) in [4.78, 5) is 0. The van der Waals surface area contributed by atoms with Crippen molar-refractivity contribution in [3.8, 4) is 0 Å². The molecular weight excluding hydrogens is 240 g/mol. The van der Waals surface area contributed by atoms with Crippen LogP contribution in [0.15, 0.2) is 0 Å². The zero-order valence-electron chi connectivity index (χ0n) is 15.4. The van der Waals surface area contributed by atoms with Gasteiger partial charge in [0.15, 0.2) is 0 Å². The summed E-state index contributed by atoms with van der Waals surface area (Å²) in [5, 5.41) is 0. The van der Waals surface area contributed by atoms with Gasteiger partial charge >= 0.3 is 0 Å². The normalized spacial score (nSPS) is 27.1. The zero-order chi connectivity index (χ0) is 15.4. The molecule has 20 heavy (non-hydrogen) atoms. The van der Waals surface area contributed by atoms with Crippen LogP contribution in [0.5, 0.6) is 0 Å².